The Labute approximate surface area is 122 Å². The zero-order valence-corrected chi connectivity index (χ0v) is 13.0. The zero-order valence-electron chi connectivity index (χ0n) is 13.0. The number of rotatable bonds is 2. The first kappa shape index (κ1) is 14.1. The Bertz CT molecular complexity index is 482. The summed E-state index contributed by atoms with van der Waals surface area (Å²) in [6.45, 7) is 6.97. The number of aryl methyl sites for hydroxylation is 1. The Morgan fingerprint density at radius 3 is 2.80 bits per heavy atom. The predicted molar refractivity (Wildman–Crippen MR) is 81.6 cm³/mol. The molecule has 0 bridgehead atoms. The molecule has 2 nitrogen and oxygen atoms in total. The first-order chi connectivity index (χ1) is 9.50. The van der Waals surface area contributed by atoms with Crippen molar-refractivity contribution in [3.8, 4) is 0 Å². The molecular formula is C18H27NO. The molecule has 1 aromatic heterocycles. The molecule has 0 radical (unpaired) electrons. The van der Waals surface area contributed by atoms with Crippen LogP contribution in [0.2, 0.25) is 0 Å². The lowest BCUT2D eigenvalue weighted by atomic mass is 9.61. The van der Waals surface area contributed by atoms with Gasteiger partial charge >= 0.3 is 0 Å². The SMILES string of the molecule is CC1CCC(C(C)(C)C2CCc3cccnc32)C(O)C1. The fourth-order valence-electron chi connectivity index (χ4n) is 4.61. The quantitative estimate of drug-likeness (QED) is 0.885. The van der Waals surface area contributed by atoms with Gasteiger partial charge in [0.25, 0.3) is 0 Å². The summed E-state index contributed by atoms with van der Waals surface area (Å²) in [5.74, 6) is 1.59. The van der Waals surface area contributed by atoms with Crippen LogP contribution in [0, 0.1) is 17.3 Å². The number of fused-ring (bicyclic) bond motifs is 1. The molecule has 20 heavy (non-hydrogen) atoms. The highest BCUT2D eigenvalue weighted by Gasteiger charge is 2.45. The van der Waals surface area contributed by atoms with Gasteiger partial charge in [0.1, 0.15) is 0 Å². The fraction of sp³-hybridized carbons (Fsp3) is 0.722. The molecule has 3 rings (SSSR count). The summed E-state index contributed by atoms with van der Waals surface area (Å²) >= 11 is 0. The van der Waals surface area contributed by atoms with E-state index in [1.807, 2.05) is 12.3 Å². The van der Waals surface area contributed by atoms with Crippen molar-refractivity contribution in [3.63, 3.8) is 0 Å². The van der Waals surface area contributed by atoms with Crippen molar-refractivity contribution < 1.29 is 5.11 Å². The fourth-order valence-corrected chi connectivity index (χ4v) is 4.61. The van der Waals surface area contributed by atoms with Crippen LogP contribution >= 0.6 is 0 Å². The van der Waals surface area contributed by atoms with Gasteiger partial charge in [0.15, 0.2) is 0 Å². The molecule has 2 aliphatic carbocycles. The highest BCUT2D eigenvalue weighted by molar-refractivity contribution is 5.30. The Hall–Kier alpha value is -0.890. The Morgan fingerprint density at radius 1 is 1.25 bits per heavy atom. The Balaban J connectivity index is 1.86. The van der Waals surface area contributed by atoms with Gasteiger partial charge in [-0.1, -0.05) is 33.3 Å². The first-order valence-corrected chi connectivity index (χ1v) is 8.12. The Morgan fingerprint density at radius 2 is 2.05 bits per heavy atom. The number of nitrogens with zero attached hydrogens (tertiary/aromatic N) is 1. The van der Waals surface area contributed by atoms with E-state index in [9.17, 15) is 5.11 Å². The third kappa shape index (κ3) is 2.28. The molecule has 0 saturated heterocycles. The van der Waals surface area contributed by atoms with Crippen molar-refractivity contribution in [1.82, 2.24) is 4.98 Å². The summed E-state index contributed by atoms with van der Waals surface area (Å²) in [4.78, 5) is 4.66. The van der Waals surface area contributed by atoms with Crippen LogP contribution in [-0.4, -0.2) is 16.2 Å². The van der Waals surface area contributed by atoms with Crippen molar-refractivity contribution in [2.24, 2.45) is 17.3 Å². The maximum absolute atomic E-state index is 10.6. The van der Waals surface area contributed by atoms with E-state index in [1.54, 1.807) is 0 Å². The van der Waals surface area contributed by atoms with Crippen molar-refractivity contribution in [1.29, 1.82) is 0 Å². The maximum Gasteiger partial charge on any atom is 0.0576 e. The first-order valence-electron chi connectivity index (χ1n) is 8.12. The van der Waals surface area contributed by atoms with Gasteiger partial charge in [0.2, 0.25) is 0 Å². The number of aliphatic hydroxyl groups is 1. The average molecular weight is 273 g/mol. The van der Waals surface area contributed by atoms with Crippen LogP contribution < -0.4 is 0 Å². The molecule has 2 aliphatic rings. The molecule has 0 amide bonds. The minimum absolute atomic E-state index is 0.137. The second kappa shape index (κ2) is 5.14. The van der Waals surface area contributed by atoms with E-state index in [-0.39, 0.29) is 11.5 Å². The Kier molecular flexibility index (Phi) is 3.62. The highest BCUT2D eigenvalue weighted by Crippen LogP contribution is 2.52. The van der Waals surface area contributed by atoms with E-state index >= 15 is 0 Å². The van der Waals surface area contributed by atoms with Crippen molar-refractivity contribution in [2.45, 2.75) is 64.9 Å². The molecule has 0 spiro atoms. The van der Waals surface area contributed by atoms with Gasteiger partial charge in [0.05, 0.1) is 6.10 Å². The summed E-state index contributed by atoms with van der Waals surface area (Å²) in [6, 6.07) is 4.27. The van der Waals surface area contributed by atoms with E-state index in [0.29, 0.717) is 17.8 Å². The molecule has 110 valence electrons. The second-order valence-corrected chi connectivity index (χ2v) is 7.55. The topological polar surface area (TPSA) is 33.1 Å². The number of hydrogen-bond acceptors (Lipinski definition) is 2. The lowest BCUT2D eigenvalue weighted by Gasteiger charge is -2.45. The van der Waals surface area contributed by atoms with Gasteiger partial charge in [-0.2, -0.15) is 0 Å². The number of hydrogen-bond donors (Lipinski definition) is 1. The number of aromatic nitrogens is 1. The lowest BCUT2D eigenvalue weighted by molar-refractivity contribution is -0.0243. The van der Waals surface area contributed by atoms with Gasteiger partial charge < -0.3 is 5.11 Å². The molecule has 1 saturated carbocycles. The number of pyridine rings is 1. The van der Waals surface area contributed by atoms with Crippen LogP contribution in [0.1, 0.15) is 63.6 Å². The molecule has 0 aliphatic heterocycles. The predicted octanol–water partition coefficient (Wildman–Crippen LogP) is 3.93. The zero-order chi connectivity index (χ0) is 14.3. The minimum atomic E-state index is -0.137. The summed E-state index contributed by atoms with van der Waals surface area (Å²) in [7, 11) is 0. The average Bonchev–Trinajstić information content (AvgIpc) is 2.82. The molecule has 0 aromatic carbocycles. The van der Waals surface area contributed by atoms with E-state index in [2.05, 4.69) is 31.8 Å². The molecular weight excluding hydrogens is 246 g/mol. The summed E-state index contributed by atoms with van der Waals surface area (Å²) in [5, 5.41) is 10.6. The van der Waals surface area contributed by atoms with Gasteiger partial charge in [-0.3, -0.25) is 4.98 Å². The molecule has 1 fully saturated rings. The van der Waals surface area contributed by atoms with Crippen LogP contribution in [0.4, 0.5) is 0 Å². The van der Waals surface area contributed by atoms with Crippen LogP contribution in [0.25, 0.3) is 0 Å². The van der Waals surface area contributed by atoms with Gasteiger partial charge in [-0.15, -0.1) is 0 Å². The van der Waals surface area contributed by atoms with Gasteiger partial charge in [-0.05, 0) is 54.6 Å². The van der Waals surface area contributed by atoms with Crippen LogP contribution in [0.5, 0.6) is 0 Å². The molecule has 1 aromatic rings. The molecule has 2 heteroatoms. The third-order valence-electron chi connectivity index (χ3n) is 5.89. The third-order valence-corrected chi connectivity index (χ3v) is 5.89. The number of aliphatic hydroxyl groups excluding tert-OH is 1. The van der Waals surface area contributed by atoms with E-state index in [1.165, 1.54) is 24.1 Å². The smallest absolute Gasteiger partial charge is 0.0576 e. The minimum Gasteiger partial charge on any atom is -0.393 e. The summed E-state index contributed by atoms with van der Waals surface area (Å²) in [6.07, 6.45) is 7.51. The van der Waals surface area contributed by atoms with Crippen molar-refractivity contribution in [3.05, 3.63) is 29.6 Å². The second-order valence-electron chi connectivity index (χ2n) is 7.55. The highest BCUT2D eigenvalue weighted by atomic mass is 16.3. The van der Waals surface area contributed by atoms with Crippen molar-refractivity contribution >= 4 is 0 Å². The van der Waals surface area contributed by atoms with Crippen LogP contribution in [0.3, 0.4) is 0 Å². The van der Waals surface area contributed by atoms with E-state index < -0.39 is 0 Å². The van der Waals surface area contributed by atoms with Gasteiger partial charge in [0, 0.05) is 17.8 Å². The largest absolute Gasteiger partial charge is 0.393 e. The van der Waals surface area contributed by atoms with E-state index in [0.717, 1.165) is 19.3 Å². The summed E-state index contributed by atoms with van der Waals surface area (Å²) in [5.41, 5.74) is 2.85. The van der Waals surface area contributed by atoms with Crippen LogP contribution in [-0.2, 0) is 6.42 Å². The normalized spacial score (nSPS) is 34.0. The van der Waals surface area contributed by atoms with E-state index in [4.69, 9.17) is 0 Å². The van der Waals surface area contributed by atoms with Gasteiger partial charge in [-0.25, -0.2) is 0 Å². The van der Waals surface area contributed by atoms with Crippen LogP contribution in [0.15, 0.2) is 18.3 Å². The summed E-state index contributed by atoms with van der Waals surface area (Å²) < 4.78 is 0. The van der Waals surface area contributed by atoms with Crippen molar-refractivity contribution in [2.75, 3.05) is 0 Å². The molecule has 4 unspecified atom stereocenters. The molecule has 1 heterocycles. The molecule has 4 atom stereocenters. The lowest BCUT2D eigenvalue weighted by Crippen LogP contribution is -2.41. The standard InChI is InChI=1S/C18H27NO/c1-12-6-8-14(16(20)11-12)18(2,3)15-9-7-13-5-4-10-19-17(13)15/h4-5,10,12,14-16,20H,6-9,11H2,1-3H3. The maximum atomic E-state index is 10.6. The molecule has 1 N–H and O–H groups in total. The monoisotopic (exact) mass is 273 g/mol.